The molecular formula is C25H21ClN2O2. The van der Waals surface area contributed by atoms with E-state index in [9.17, 15) is 4.79 Å². The van der Waals surface area contributed by atoms with Crippen LogP contribution in [0.1, 0.15) is 22.8 Å². The average Bonchev–Trinajstić information content (AvgIpc) is 2.79. The number of fused-ring (bicyclic) bond motifs is 1. The topological polar surface area (TPSA) is 51.2 Å². The molecule has 0 saturated heterocycles. The normalized spacial score (nSPS) is 10.8. The zero-order valence-electron chi connectivity index (χ0n) is 16.8. The molecule has 4 aromatic rings. The maximum absolute atomic E-state index is 13.2. The minimum absolute atomic E-state index is 0.184. The van der Waals surface area contributed by atoms with Crippen molar-refractivity contribution < 1.29 is 9.53 Å². The molecule has 0 aliphatic rings. The van der Waals surface area contributed by atoms with Crippen molar-refractivity contribution in [1.29, 1.82) is 0 Å². The number of benzene rings is 3. The summed E-state index contributed by atoms with van der Waals surface area (Å²) in [6.07, 6.45) is 0.883. The van der Waals surface area contributed by atoms with Crippen LogP contribution in [0, 0.1) is 0 Å². The molecule has 0 radical (unpaired) electrons. The number of anilines is 1. The number of hydrogen-bond donors (Lipinski definition) is 1. The SMILES string of the molecule is CCc1ccc2nc(-c3ccc(Cl)cc3)cc(C(=O)Nc3ccc(OC)cc3)c2c1. The van der Waals surface area contributed by atoms with Crippen molar-refractivity contribution in [2.45, 2.75) is 13.3 Å². The number of ether oxygens (including phenoxy) is 1. The predicted octanol–water partition coefficient (Wildman–Crippen LogP) is 6.38. The maximum atomic E-state index is 13.2. The van der Waals surface area contributed by atoms with Crippen molar-refractivity contribution in [3.8, 4) is 17.0 Å². The fourth-order valence-corrected chi connectivity index (χ4v) is 3.45. The van der Waals surface area contributed by atoms with Gasteiger partial charge in [0.05, 0.1) is 23.9 Å². The van der Waals surface area contributed by atoms with Crippen LogP contribution in [0.5, 0.6) is 5.75 Å². The lowest BCUT2D eigenvalue weighted by Gasteiger charge is -2.12. The molecule has 0 unspecified atom stereocenters. The van der Waals surface area contributed by atoms with Crippen LogP contribution < -0.4 is 10.1 Å². The predicted molar refractivity (Wildman–Crippen MR) is 123 cm³/mol. The summed E-state index contributed by atoms with van der Waals surface area (Å²) >= 11 is 6.03. The maximum Gasteiger partial charge on any atom is 0.256 e. The molecule has 0 saturated carbocycles. The molecule has 0 aliphatic heterocycles. The Labute approximate surface area is 180 Å². The third-order valence-electron chi connectivity index (χ3n) is 5.01. The fraction of sp³-hybridized carbons (Fsp3) is 0.120. The Hall–Kier alpha value is -3.37. The fourth-order valence-electron chi connectivity index (χ4n) is 3.32. The molecule has 0 fully saturated rings. The summed E-state index contributed by atoms with van der Waals surface area (Å²) in [5, 5.41) is 4.47. The monoisotopic (exact) mass is 416 g/mol. The number of nitrogens with one attached hydrogen (secondary N) is 1. The zero-order chi connectivity index (χ0) is 21.1. The van der Waals surface area contributed by atoms with Crippen molar-refractivity contribution in [1.82, 2.24) is 4.98 Å². The summed E-state index contributed by atoms with van der Waals surface area (Å²) in [5.74, 6) is 0.552. The van der Waals surface area contributed by atoms with E-state index in [1.165, 1.54) is 0 Å². The van der Waals surface area contributed by atoms with Gasteiger partial charge in [0.2, 0.25) is 0 Å². The Morgan fingerprint density at radius 3 is 2.40 bits per heavy atom. The number of carbonyl (C=O) groups is 1. The van der Waals surface area contributed by atoms with Gasteiger partial charge in [-0.15, -0.1) is 0 Å². The molecule has 4 rings (SSSR count). The van der Waals surface area contributed by atoms with E-state index in [2.05, 4.69) is 12.2 Å². The molecule has 1 N–H and O–H groups in total. The first kappa shape index (κ1) is 19.9. The number of pyridine rings is 1. The van der Waals surface area contributed by atoms with Crippen LogP contribution in [0.2, 0.25) is 5.02 Å². The number of aryl methyl sites for hydroxylation is 1. The van der Waals surface area contributed by atoms with Gasteiger partial charge in [0.15, 0.2) is 0 Å². The molecule has 0 spiro atoms. The van der Waals surface area contributed by atoms with Gasteiger partial charge in [-0.3, -0.25) is 4.79 Å². The Kier molecular flexibility index (Phi) is 5.68. The Morgan fingerprint density at radius 2 is 1.73 bits per heavy atom. The summed E-state index contributed by atoms with van der Waals surface area (Å²) < 4.78 is 5.18. The first-order valence-electron chi connectivity index (χ1n) is 9.72. The Balaban J connectivity index is 1.79. The molecule has 0 aliphatic carbocycles. The molecule has 4 nitrogen and oxygen atoms in total. The second-order valence-corrected chi connectivity index (χ2v) is 7.39. The molecule has 30 heavy (non-hydrogen) atoms. The van der Waals surface area contributed by atoms with Gasteiger partial charge in [0.1, 0.15) is 5.75 Å². The van der Waals surface area contributed by atoms with Crippen molar-refractivity contribution in [3.63, 3.8) is 0 Å². The Morgan fingerprint density at radius 1 is 1.00 bits per heavy atom. The summed E-state index contributed by atoms with van der Waals surface area (Å²) in [6.45, 7) is 2.09. The van der Waals surface area contributed by atoms with Gasteiger partial charge in [0, 0.05) is 21.7 Å². The highest BCUT2D eigenvalue weighted by Crippen LogP contribution is 2.28. The number of methoxy groups -OCH3 is 1. The molecule has 1 heterocycles. The van der Waals surface area contributed by atoms with E-state index in [-0.39, 0.29) is 5.91 Å². The van der Waals surface area contributed by atoms with E-state index in [0.717, 1.165) is 39.9 Å². The standard InChI is InChI=1S/C25H21ClN2O2/c1-3-16-4-13-23-21(14-16)22(15-24(28-23)17-5-7-18(26)8-6-17)25(29)27-19-9-11-20(30-2)12-10-19/h4-15H,3H2,1-2H3,(H,27,29). The van der Waals surface area contributed by atoms with Crippen LogP contribution >= 0.6 is 11.6 Å². The van der Waals surface area contributed by atoms with E-state index in [0.29, 0.717) is 16.3 Å². The third-order valence-corrected chi connectivity index (χ3v) is 5.27. The van der Waals surface area contributed by atoms with Gasteiger partial charge in [-0.25, -0.2) is 4.98 Å². The molecule has 5 heteroatoms. The number of rotatable bonds is 5. The third kappa shape index (κ3) is 4.14. The van der Waals surface area contributed by atoms with Gasteiger partial charge >= 0.3 is 0 Å². The van der Waals surface area contributed by atoms with Crippen molar-refractivity contribution in [2.24, 2.45) is 0 Å². The average molecular weight is 417 g/mol. The van der Waals surface area contributed by atoms with E-state index in [1.54, 1.807) is 7.11 Å². The molecule has 1 aromatic heterocycles. The van der Waals surface area contributed by atoms with Gasteiger partial charge in [0.25, 0.3) is 5.91 Å². The molecule has 3 aromatic carbocycles. The minimum atomic E-state index is -0.184. The van der Waals surface area contributed by atoms with Crippen molar-refractivity contribution >= 4 is 34.1 Å². The van der Waals surface area contributed by atoms with E-state index < -0.39 is 0 Å². The largest absolute Gasteiger partial charge is 0.497 e. The van der Waals surface area contributed by atoms with Gasteiger partial charge in [-0.1, -0.05) is 36.7 Å². The summed E-state index contributed by atoms with van der Waals surface area (Å²) in [5.41, 5.74) is 4.84. The highest BCUT2D eigenvalue weighted by atomic mass is 35.5. The highest BCUT2D eigenvalue weighted by Gasteiger charge is 2.15. The number of hydrogen-bond acceptors (Lipinski definition) is 3. The smallest absolute Gasteiger partial charge is 0.256 e. The van der Waals surface area contributed by atoms with E-state index in [1.807, 2.05) is 72.8 Å². The van der Waals surface area contributed by atoms with Crippen molar-refractivity contribution in [2.75, 3.05) is 12.4 Å². The lowest BCUT2D eigenvalue weighted by molar-refractivity contribution is 0.102. The second kappa shape index (κ2) is 8.56. The van der Waals surface area contributed by atoms with Crippen LogP contribution in [-0.4, -0.2) is 18.0 Å². The second-order valence-electron chi connectivity index (χ2n) is 6.95. The summed E-state index contributed by atoms with van der Waals surface area (Å²) in [6, 6.07) is 22.6. The number of nitrogens with zero attached hydrogens (tertiary/aromatic N) is 1. The lowest BCUT2D eigenvalue weighted by atomic mass is 10.0. The van der Waals surface area contributed by atoms with E-state index >= 15 is 0 Å². The molecule has 150 valence electrons. The number of aromatic nitrogens is 1. The van der Waals surface area contributed by atoms with Crippen molar-refractivity contribution in [3.05, 3.63) is 88.9 Å². The van der Waals surface area contributed by atoms with Crippen LogP contribution in [0.15, 0.2) is 72.8 Å². The number of amides is 1. The van der Waals surface area contributed by atoms with Crippen LogP contribution in [0.25, 0.3) is 22.2 Å². The van der Waals surface area contributed by atoms with Crippen LogP contribution in [0.4, 0.5) is 5.69 Å². The molecule has 0 bridgehead atoms. The number of halogens is 1. The highest BCUT2D eigenvalue weighted by molar-refractivity contribution is 6.30. The summed E-state index contributed by atoms with van der Waals surface area (Å²) in [4.78, 5) is 18.0. The van der Waals surface area contributed by atoms with Crippen LogP contribution in [-0.2, 0) is 6.42 Å². The van der Waals surface area contributed by atoms with Crippen LogP contribution in [0.3, 0.4) is 0 Å². The first-order valence-corrected chi connectivity index (χ1v) is 10.1. The molecule has 1 amide bonds. The zero-order valence-corrected chi connectivity index (χ0v) is 17.5. The first-order chi connectivity index (χ1) is 14.6. The minimum Gasteiger partial charge on any atom is -0.497 e. The summed E-state index contributed by atoms with van der Waals surface area (Å²) in [7, 11) is 1.61. The molecule has 0 atom stereocenters. The molecular weight excluding hydrogens is 396 g/mol. The quantitative estimate of drug-likeness (QED) is 0.410. The Bertz CT molecular complexity index is 1200. The van der Waals surface area contributed by atoms with Gasteiger partial charge < -0.3 is 10.1 Å². The number of carbonyl (C=O) groups excluding carboxylic acids is 1. The van der Waals surface area contributed by atoms with Gasteiger partial charge in [-0.05, 0) is 66.6 Å². The van der Waals surface area contributed by atoms with E-state index in [4.69, 9.17) is 21.3 Å². The van der Waals surface area contributed by atoms with Gasteiger partial charge in [-0.2, -0.15) is 0 Å². The lowest BCUT2D eigenvalue weighted by Crippen LogP contribution is -2.13.